The molecule has 0 aliphatic rings. The second-order valence-corrected chi connectivity index (χ2v) is 4.24. The lowest BCUT2D eigenvalue weighted by molar-refractivity contribution is 0.149. The normalized spacial score (nSPS) is 14.4. The Morgan fingerprint density at radius 1 is 1.25 bits per heavy atom. The van der Waals surface area contributed by atoms with Crippen molar-refractivity contribution in [1.29, 1.82) is 0 Å². The van der Waals surface area contributed by atoms with Crippen molar-refractivity contribution in [2.45, 2.75) is 39.7 Å². The summed E-state index contributed by atoms with van der Waals surface area (Å²) in [5.41, 5.74) is 0. The van der Waals surface area contributed by atoms with E-state index >= 15 is 0 Å². The Morgan fingerprint density at radius 2 is 1.94 bits per heavy atom. The molecule has 0 aromatic heterocycles. The van der Waals surface area contributed by atoms with Crippen LogP contribution in [0.25, 0.3) is 0 Å². The summed E-state index contributed by atoms with van der Waals surface area (Å²) in [7, 11) is 0. The lowest BCUT2D eigenvalue weighted by Gasteiger charge is -2.21. The molecule has 1 aromatic carbocycles. The average molecular weight is 224 g/mol. The number of rotatable bonds is 5. The van der Waals surface area contributed by atoms with Crippen LogP contribution in [0.2, 0.25) is 0 Å². The molecule has 2 N–H and O–H groups in total. The van der Waals surface area contributed by atoms with Crippen molar-refractivity contribution in [1.82, 2.24) is 0 Å². The maximum Gasteiger partial charge on any atom is 0.165 e. The van der Waals surface area contributed by atoms with Gasteiger partial charge in [0.05, 0.1) is 6.10 Å². The van der Waals surface area contributed by atoms with E-state index in [1.807, 2.05) is 6.92 Å². The van der Waals surface area contributed by atoms with Crippen molar-refractivity contribution < 1.29 is 14.9 Å². The Labute approximate surface area is 96.7 Å². The summed E-state index contributed by atoms with van der Waals surface area (Å²) >= 11 is 0. The van der Waals surface area contributed by atoms with Crippen LogP contribution >= 0.6 is 0 Å². The lowest BCUT2D eigenvalue weighted by Crippen LogP contribution is -2.21. The third kappa shape index (κ3) is 3.33. The molecule has 1 rings (SSSR count). The maximum atomic E-state index is 9.56. The topological polar surface area (TPSA) is 49.7 Å². The van der Waals surface area contributed by atoms with E-state index in [1.165, 1.54) is 18.2 Å². The second kappa shape index (κ2) is 5.64. The van der Waals surface area contributed by atoms with Crippen LogP contribution in [0.4, 0.5) is 0 Å². The molecule has 16 heavy (non-hydrogen) atoms. The molecule has 2 unspecified atom stereocenters. The Morgan fingerprint density at radius 3 is 2.56 bits per heavy atom. The van der Waals surface area contributed by atoms with Gasteiger partial charge in [0.15, 0.2) is 11.5 Å². The average Bonchev–Trinajstić information content (AvgIpc) is 2.23. The van der Waals surface area contributed by atoms with Gasteiger partial charge >= 0.3 is 0 Å². The first-order chi connectivity index (χ1) is 7.54. The highest BCUT2D eigenvalue weighted by atomic mass is 16.5. The smallest absolute Gasteiger partial charge is 0.165 e. The van der Waals surface area contributed by atoms with Crippen LogP contribution in [0.3, 0.4) is 0 Å². The van der Waals surface area contributed by atoms with Crippen molar-refractivity contribution in [3.63, 3.8) is 0 Å². The molecule has 0 fully saturated rings. The minimum absolute atomic E-state index is 0.0210. The fraction of sp³-hybridized carbons (Fsp3) is 0.538. The standard InChI is InChI=1S/C13H20O3/c1-4-5-9(2)10(3)16-13-8-11(14)6-7-12(13)15/h6-10,14-15H,4-5H2,1-3H3. The van der Waals surface area contributed by atoms with E-state index in [-0.39, 0.29) is 17.6 Å². The molecular formula is C13H20O3. The van der Waals surface area contributed by atoms with E-state index in [1.54, 1.807) is 0 Å². The van der Waals surface area contributed by atoms with E-state index in [4.69, 9.17) is 4.74 Å². The van der Waals surface area contributed by atoms with Gasteiger partial charge in [-0.3, -0.25) is 0 Å². The van der Waals surface area contributed by atoms with Crippen LogP contribution in [-0.4, -0.2) is 16.3 Å². The zero-order chi connectivity index (χ0) is 12.1. The maximum absolute atomic E-state index is 9.56. The summed E-state index contributed by atoms with van der Waals surface area (Å²) in [6.07, 6.45) is 2.22. The number of aromatic hydroxyl groups is 2. The van der Waals surface area contributed by atoms with Crippen molar-refractivity contribution >= 4 is 0 Å². The number of benzene rings is 1. The molecule has 2 atom stereocenters. The molecule has 0 aliphatic carbocycles. The molecule has 90 valence electrons. The number of phenols is 2. The largest absolute Gasteiger partial charge is 0.508 e. The molecule has 0 saturated heterocycles. The highest BCUT2D eigenvalue weighted by molar-refractivity contribution is 5.44. The van der Waals surface area contributed by atoms with Crippen LogP contribution in [-0.2, 0) is 0 Å². The summed E-state index contributed by atoms with van der Waals surface area (Å²) in [4.78, 5) is 0. The SMILES string of the molecule is CCCC(C)C(C)Oc1cc(O)ccc1O. The van der Waals surface area contributed by atoms with E-state index in [9.17, 15) is 10.2 Å². The Hall–Kier alpha value is -1.38. The van der Waals surface area contributed by atoms with Crippen LogP contribution < -0.4 is 4.74 Å². The number of phenolic OH excluding ortho intramolecular Hbond substituents is 2. The first-order valence-corrected chi connectivity index (χ1v) is 5.73. The zero-order valence-electron chi connectivity index (χ0n) is 10.1. The van der Waals surface area contributed by atoms with Gasteiger partial charge in [0.2, 0.25) is 0 Å². The van der Waals surface area contributed by atoms with Crippen LogP contribution in [0.15, 0.2) is 18.2 Å². The van der Waals surface area contributed by atoms with E-state index in [0.717, 1.165) is 12.8 Å². The molecule has 0 aliphatic heterocycles. The predicted octanol–water partition coefficient (Wildman–Crippen LogP) is 3.30. The van der Waals surface area contributed by atoms with Crippen molar-refractivity contribution in [2.75, 3.05) is 0 Å². The predicted molar refractivity (Wildman–Crippen MR) is 63.9 cm³/mol. The molecular weight excluding hydrogens is 204 g/mol. The third-order valence-corrected chi connectivity index (χ3v) is 2.80. The molecule has 1 aromatic rings. The van der Waals surface area contributed by atoms with E-state index < -0.39 is 0 Å². The van der Waals surface area contributed by atoms with Crippen LogP contribution in [0, 0.1) is 5.92 Å². The Balaban J connectivity index is 2.68. The van der Waals surface area contributed by atoms with Gasteiger partial charge in [0.1, 0.15) is 5.75 Å². The van der Waals surface area contributed by atoms with Gasteiger partial charge in [-0.05, 0) is 31.4 Å². The highest BCUT2D eigenvalue weighted by Crippen LogP contribution is 2.31. The van der Waals surface area contributed by atoms with E-state index in [2.05, 4.69) is 13.8 Å². The molecule has 0 bridgehead atoms. The molecule has 3 heteroatoms. The molecule has 3 nitrogen and oxygen atoms in total. The first-order valence-electron chi connectivity index (χ1n) is 5.73. The van der Waals surface area contributed by atoms with Gasteiger partial charge in [-0.15, -0.1) is 0 Å². The summed E-state index contributed by atoms with van der Waals surface area (Å²) in [6, 6.07) is 4.30. The van der Waals surface area contributed by atoms with Crippen molar-refractivity contribution in [3.8, 4) is 17.2 Å². The fourth-order valence-electron chi connectivity index (χ4n) is 1.60. The van der Waals surface area contributed by atoms with Crippen molar-refractivity contribution in [3.05, 3.63) is 18.2 Å². The van der Waals surface area contributed by atoms with Gasteiger partial charge in [0.25, 0.3) is 0 Å². The minimum Gasteiger partial charge on any atom is -0.508 e. The van der Waals surface area contributed by atoms with Crippen LogP contribution in [0.5, 0.6) is 17.2 Å². The summed E-state index contributed by atoms with van der Waals surface area (Å²) in [5.74, 6) is 0.929. The Bertz CT molecular complexity index is 336. The van der Waals surface area contributed by atoms with Gasteiger partial charge in [-0.1, -0.05) is 20.3 Å². The highest BCUT2D eigenvalue weighted by Gasteiger charge is 2.15. The quantitative estimate of drug-likeness (QED) is 0.754. The monoisotopic (exact) mass is 224 g/mol. The third-order valence-electron chi connectivity index (χ3n) is 2.80. The number of hydrogen-bond acceptors (Lipinski definition) is 3. The summed E-state index contributed by atoms with van der Waals surface area (Å²) < 4.78 is 5.63. The molecule has 0 spiro atoms. The minimum atomic E-state index is 0.0210. The van der Waals surface area contributed by atoms with Gasteiger partial charge < -0.3 is 14.9 Å². The van der Waals surface area contributed by atoms with Crippen molar-refractivity contribution in [2.24, 2.45) is 5.92 Å². The summed E-state index contributed by atoms with van der Waals surface area (Å²) in [5, 5.41) is 18.9. The van der Waals surface area contributed by atoms with Crippen LogP contribution in [0.1, 0.15) is 33.6 Å². The molecule has 0 heterocycles. The van der Waals surface area contributed by atoms with E-state index in [0.29, 0.717) is 11.7 Å². The summed E-state index contributed by atoms with van der Waals surface area (Å²) in [6.45, 7) is 6.23. The zero-order valence-corrected chi connectivity index (χ0v) is 10.1. The van der Waals surface area contributed by atoms with Gasteiger partial charge in [-0.25, -0.2) is 0 Å². The number of ether oxygens (including phenoxy) is 1. The fourth-order valence-corrected chi connectivity index (χ4v) is 1.60. The lowest BCUT2D eigenvalue weighted by atomic mass is 10.0. The van der Waals surface area contributed by atoms with Gasteiger partial charge in [-0.2, -0.15) is 0 Å². The molecule has 0 radical (unpaired) electrons. The Kier molecular flexibility index (Phi) is 4.47. The molecule has 0 saturated carbocycles. The number of hydrogen-bond donors (Lipinski definition) is 2. The second-order valence-electron chi connectivity index (χ2n) is 4.24. The molecule has 0 amide bonds. The van der Waals surface area contributed by atoms with Gasteiger partial charge in [0, 0.05) is 6.07 Å². The first kappa shape index (κ1) is 12.7.